The van der Waals surface area contributed by atoms with Crippen molar-refractivity contribution >= 4 is 30.1 Å². The number of carbonyl (C=O) groups excluding carboxylic acids is 1. The lowest BCUT2D eigenvalue weighted by Gasteiger charge is -2.36. The molecule has 0 aliphatic carbocycles. The summed E-state index contributed by atoms with van der Waals surface area (Å²) in [6.45, 7) is 2.12. The highest BCUT2D eigenvalue weighted by Crippen LogP contribution is 2.48. The van der Waals surface area contributed by atoms with Crippen molar-refractivity contribution < 1.29 is 9.53 Å². The van der Waals surface area contributed by atoms with Crippen molar-refractivity contribution in [1.29, 1.82) is 0 Å². The van der Waals surface area contributed by atoms with Crippen LogP contribution in [-0.2, 0) is 14.3 Å². The third-order valence-electron chi connectivity index (χ3n) is 4.61. The molecule has 3 aromatic rings. The van der Waals surface area contributed by atoms with Crippen LogP contribution in [0.25, 0.3) is 0 Å². The van der Waals surface area contributed by atoms with Crippen LogP contribution in [0.4, 0.5) is 0 Å². The average molecular weight is 428 g/mol. The van der Waals surface area contributed by atoms with Crippen LogP contribution in [-0.4, -0.2) is 24.4 Å². The molecule has 29 heavy (non-hydrogen) atoms. The molecular formula is C24H26ClNO2S. The number of hydrogen-bond acceptors (Lipinski definition) is 4. The van der Waals surface area contributed by atoms with Gasteiger partial charge < -0.3 is 10.5 Å². The number of rotatable bonds is 8. The predicted molar refractivity (Wildman–Crippen MR) is 124 cm³/mol. The highest BCUT2D eigenvalue weighted by Gasteiger charge is 2.37. The second kappa shape index (κ2) is 11.1. The molecule has 0 saturated carbocycles. The Morgan fingerprint density at radius 2 is 1.24 bits per heavy atom. The number of ether oxygens (including phenoxy) is 1. The first-order valence-electron chi connectivity index (χ1n) is 9.41. The summed E-state index contributed by atoms with van der Waals surface area (Å²) in [6, 6.07) is 30.4. The predicted octanol–water partition coefficient (Wildman–Crippen LogP) is 5.02. The molecular weight excluding hydrogens is 402 g/mol. The Morgan fingerprint density at radius 1 is 0.862 bits per heavy atom. The lowest BCUT2D eigenvalue weighted by Crippen LogP contribution is -2.37. The van der Waals surface area contributed by atoms with E-state index in [2.05, 4.69) is 36.4 Å². The molecule has 0 amide bonds. The third-order valence-corrected chi connectivity index (χ3v) is 6.28. The van der Waals surface area contributed by atoms with Crippen LogP contribution in [0.15, 0.2) is 91.0 Å². The van der Waals surface area contributed by atoms with E-state index in [1.165, 1.54) is 0 Å². The van der Waals surface area contributed by atoms with Gasteiger partial charge in [0.2, 0.25) is 0 Å². The van der Waals surface area contributed by atoms with Crippen molar-refractivity contribution in [3.63, 3.8) is 0 Å². The Hall–Kier alpha value is -2.27. The van der Waals surface area contributed by atoms with Crippen molar-refractivity contribution in [3.05, 3.63) is 108 Å². The SMILES string of the molecule is CCOC(=O)[C@@H](N)CSC(c1ccccc1)(c1ccccc1)c1ccccc1.Cl. The number of hydrogen-bond donors (Lipinski definition) is 1. The van der Waals surface area contributed by atoms with Gasteiger partial charge in [-0.1, -0.05) is 91.0 Å². The maximum atomic E-state index is 12.1. The molecule has 0 radical (unpaired) electrons. The molecule has 0 unspecified atom stereocenters. The van der Waals surface area contributed by atoms with E-state index in [1.54, 1.807) is 18.7 Å². The minimum Gasteiger partial charge on any atom is -0.465 e. The molecule has 2 N–H and O–H groups in total. The molecule has 0 saturated heterocycles. The van der Waals surface area contributed by atoms with Gasteiger partial charge in [-0.25, -0.2) is 0 Å². The van der Waals surface area contributed by atoms with E-state index in [1.807, 2.05) is 54.6 Å². The van der Waals surface area contributed by atoms with Crippen molar-refractivity contribution in [1.82, 2.24) is 0 Å². The largest absolute Gasteiger partial charge is 0.465 e. The molecule has 0 spiro atoms. The lowest BCUT2D eigenvalue weighted by atomic mass is 9.84. The summed E-state index contributed by atoms with van der Waals surface area (Å²) in [6.07, 6.45) is 0. The zero-order valence-corrected chi connectivity index (χ0v) is 18.0. The van der Waals surface area contributed by atoms with Crippen LogP contribution in [0.5, 0.6) is 0 Å². The summed E-state index contributed by atoms with van der Waals surface area (Å²) in [4.78, 5) is 12.1. The zero-order chi connectivity index (χ0) is 19.8. The summed E-state index contributed by atoms with van der Waals surface area (Å²) in [5.74, 6) is 0.0791. The fourth-order valence-electron chi connectivity index (χ4n) is 3.30. The average Bonchev–Trinajstić information content (AvgIpc) is 2.76. The first-order chi connectivity index (χ1) is 13.7. The zero-order valence-electron chi connectivity index (χ0n) is 16.4. The lowest BCUT2D eigenvalue weighted by molar-refractivity contribution is -0.144. The molecule has 1 atom stereocenters. The molecule has 3 rings (SSSR count). The number of esters is 1. The Kier molecular flexibility index (Phi) is 8.77. The van der Waals surface area contributed by atoms with Gasteiger partial charge in [0.25, 0.3) is 0 Å². The van der Waals surface area contributed by atoms with Crippen LogP contribution in [0, 0.1) is 0 Å². The van der Waals surface area contributed by atoms with Gasteiger partial charge in [-0.05, 0) is 23.6 Å². The van der Waals surface area contributed by atoms with Crippen LogP contribution in [0.2, 0.25) is 0 Å². The standard InChI is InChI=1S/C24H25NO2S.ClH/c1-2-27-23(26)22(25)18-28-24(19-12-6-3-7-13-19,20-14-8-4-9-15-20)21-16-10-5-11-17-21;/h3-17,22H,2,18,25H2,1H3;1H/t22-;/m0./s1. The maximum Gasteiger partial charge on any atom is 0.323 e. The molecule has 0 aliphatic heterocycles. The highest BCUT2D eigenvalue weighted by atomic mass is 35.5. The van der Waals surface area contributed by atoms with Crippen molar-refractivity contribution in [2.75, 3.05) is 12.4 Å². The Labute approximate surface area is 183 Å². The van der Waals surface area contributed by atoms with E-state index in [-0.39, 0.29) is 18.4 Å². The summed E-state index contributed by atoms with van der Waals surface area (Å²) in [5, 5.41) is 0. The van der Waals surface area contributed by atoms with Gasteiger partial charge in [-0.2, -0.15) is 0 Å². The summed E-state index contributed by atoms with van der Waals surface area (Å²) >= 11 is 1.66. The van der Waals surface area contributed by atoms with Crippen LogP contribution in [0.3, 0.4) is 0 Å². The van der Waals surface area contributed by atoms with Gasteiger partial charge in [-0.3, -0.25) is 4.79 Å². The van der Waals surface area contributed by atoms with Crippen molar-refractivity contribution in [2.24, 2.45) is 5.73 Å². The van der Waals surface area contributed by atoms with E-state index in [0.717, 1.165) is 16.7 Å². The number of benzene rings is 3. The van der Waals surface area contributed by atoms with E-state index in [4.69, 9.17) is 10.5 Å². The maximum absolute atomic E-state index is 12.1. The van der Waals surface area contributed by atoms with Gasteiger partial charge >= 0.3 is 5.97 Å². The smallest absolute Gasteiger partial charge is 0.323 e. The second-order valence-corrected chi connectivity index (χ2v) is 7.68. The van der Waals surface area contributed by atoms with Gasteiger partial charge in [0.05, 0.1) is 11.4 Å². The third kappa shape index (κ3) is 5.21. The fourth-order valence-corrected chi connectivity index (χ4v) is 4.77. The monoisotopic (exact) mass is 427 g/mol. The second-order valence-electron chi connectivity index (χ2n) is 6.45. The molecule has 0 heterocycles. The number of thioether (sulfide) groups is 1. The van der Waals surface area contributed by atoms with E-state index in [0.29, 0.717) is 12.4 Å². The molecule has 0 fully saturated rings. The van der Waals surface area contributed by atoms with Gasteiger partial charge in [0.15, 0.2) is 0 Å². The minimum atomic E-state index is -0.680. The Balaban J connectivity index is 0.00000300. The summed E-state index contributed by atoms with van der Waals surface area (Å²) in [5.41, 5.74) is 9.59. The van der Waals surface area contributed by atoms with E-state index >= 15 is 0 Å². The minimum absolute atomic E-state index is 0. The van der Waals surface area contributed by atoms with Crippen molar-refractivity contribution in [3.8, 4) is 0 Å². The molecule has 152 valence electrons. The first-order valence-corrected chi connectivity index (χ1v) is 10.4. The molecule has 0 aliphatic rings. The fraction of sp³-hybridized carbons (Fsp3) is 0.208. The number of nitrogens with two attached hydrogens (primary N) is 1. The van der Waals surface area contributed by atoms with Crippen LogP contribution >= 0.6 is 24.2 Å². The number of halogens is 1. The Bertz CT molecular complexity index is 778. The molecule has 0 bridgehead atoms. The molecule has 0 aromatic heterocycles. The number of carbonyl (C=O) groups is 1. The van der Waals surface area contributed by atoms with Gasteiger partial charge in [0, 0.05) is 5.75 Å². The normalized spacial score (nSPS) is 11.9. The van der Waals surface area contributed by atoms with E-state index < -0.39 is 10.8 Å². The quantitative estimate of drug-likeness (QED) is 0.405. The van der Waals surface area contributed by atoms with Crippen LogP contribution in [0.1, 0.15) is 23.6 Å². The molecule has 3 aromatic carbocycles. The van der Waals surface area contributed by atoms with Crippen molar-refractivity contribution in [2.45, 2.75) is 17.7 Å². The first kappa shape index (κ1) is 23.0. The highest BCUT2D eigenvalue weighted by molar-refractivity contribution is 8.00. The topological polar surface area (TPSA) is 52.3 Å². The van der Waals surface area contributed by atoms with Gasteiger partial charge in [0.1, 0.15) is 6.04 Å². The summed E-state index contributed by atoms with van der Waals surface area (Å²) in [7, 11) is 0. The van der Waals surface area contributed by atoms with Crippen LogP contribution < -0.4 is 5.73 Å². The molecule has 5 heteroatoms. The Morgan fingerprint density at radius 3 is 1.59 bits per heavy atom. The van der Waals surface area contributed by atoms with Gasteiger partial charge in [-0.15, -0.1) is 24.2 Å². The summed E-state index contributed by atoms with van der Waals surface area (Å²) < 4.78 is 4.63. The van der Waals surface area contributed by atoms with E-state index in [9.17, 15) is 4.79 Å². The molecule has 3 nitrogen and oxygen atoms in total.